The van der Waals surface area contributed by atoms with E-state index in [1.165, 1.54) is 7.11 Å². The summed E-state index contributed by atoms with van der Waals surface area (Å²) < 4.78 is 15.3. The SMILES string of the molecule is COc1ccc2c(c1C#N)OCO2. The normalized spacial score (nSPS) is 12.3. The molecule has 0 saturated heterocycles. The summed E-state index contributed by atoms with van der Waals surface area (Å²) >= 11 is 0. The van der Waals surface area contributed by atoms with Crippen molar-refractivity contribution in [1.82, 2.24) is 0 Å². The number of nitriles is 1. The molecule has 0 saturated carbocycles. The first-order chi connectivity index (χ1) is 6.36. The minimum Gasteiger partial charge on any atom is -0.495 e. The van der Waals surface area contributed by atoms with Gasteiger partial charge in [0, 0.05) is 0 Å². The third-order valence-corrected chi connectivity index (χ3v) is 1.83. The molecule has 1 heterocycles. The Kier molecular flexibility index (Phi) is 1.71. The van der Waals surface area contributed by atoms with Gasteiger partial charge in [-0.3, -0.25) is 0 Å². The van der Waals surface area contributed by atoms with Crippen molar-refractivity contribution in [2.45, 2.75) is 0 Å². The highest BCUT2D eigenvalue weighted by Gasteiger charge is 2.20. The number of hydrogen-bond acceptors (Lipinski definition) is 4. The number of fused-ring (bicyclic) bond motifs is 1. The number of ether oxygens (including phenoxy) is 3. The number of nitrogens with zero attached hydrogens (tertiary/aromatic N) is 1. The molecule has 0 aliphatic carbocycles. The van der Waals surface area contributed by atoms with Gasteiger partial charge in [0.25, 0.3) is 0 Å². The zero-order chi connectivity index (χ0) is 9.26. The van der Waals surface area contributed by atoms with Gasteiger partial charge in [-0.2, -0.15) is 5.26 Å². The number of benzene rings is 1. The van der Waals surface area contributed by atoms with E-state index in [0.717, 1.165) is 0 Å². The van der Waals surface area contributed by atoms with Crippen molar-refractivity contribution in [2.24, 2.45) is 0 Å². The molecule has 0 N–H and O–H groups in total. The summed E-state index contributed by atoms with van der Waals surface area (Å²) in [5.41, 5.74) is 0.387. The van der Waals surface area contributed by atoms with Crippen LogP contribution in [0.5, 0.6) is 17.2 Å². The quantitative estimate of drug-likeness (QED) is 0.648. The first-order valence-electron chi connectivity index (χ1n) is 3.73. The maximum Gasteiger partial charge on any atom is 0.231 e. The highest BCUT2D eigenvalue weighted by Crippen LogP contribution is 2.39. The van der Waals surface area contributed by atoms with Gasteiger partial charge in [0.05, 0.1) is 7.11 Å². The fourth-order valence-electron chi connectivity index (χ4n) is 1.23. The average Bonchev–Trinajstić information content (AvgIpc) is 2.63. The van der Waals surface area contributed by atoms with E-state index in [1.807, 2.05) is 6.07 Å². The van der Waals surface area contributed by atoms with Crippen molar-refractivity contribution < 1.29 is 14.2 Å². The topological polar surface area (TPSA) is 51.5 Å². The van der Waals surface area contributed by atoms with Crippen LogP contribution in [0, 0.1) is 11.3 Å². The van der Waals surface area contributed by atoms with Crippen molar-refractivity contribution in [1.29, 1.82) is 5.26 Å². The summed E-state index contributed by atoms with van der Waals surface area (Å²) in [6.45, 7) is 0.164. The van der Waals surface area contributed by atoms with Crippen LogP contribution in [0.15, 0.2) is 12.1 Å². The number of methoxy groups -OCH3 is 1. The first kappa shape index (κ1) is 7.74. The Hall–Kier alpha value is -1.89. The van der Waals surface area contributed by atoms with Gasteiger partial charge >= 0.3 is 0 Å². The van der Waals surface area contributed by atoms with Crippen LogP contribution in [-0.2, 0) is 0 Å². The van der Waals surface area contributed by atoms with Gasteiger partial charge < -0.3 is 14.2 Å². The molecule has 1 aliphatic rings. The van der Waals surface area contributed by atoms with E-state index < -0.39 is 0 Å². The van der Waals surface area contributed by atoms with Gasteiger partial charge in [0.2, 0.25) is 6.79 Å². The van der Waals surface area contributed by atoms with E-state index in [9.17, 15) is 0 Å². The largest absolute Gasteiger partial charge is 0.495 e. The molecule has 0 aromatic heterocycles. The van der Waals surface area contributed by atoms with Crippen LogP contribution >= 0.6 is 0 Å². The van der Waals surface area contributed by atoms with Gasteiger partial charge in [-0.1, -0.05) is 0 Å². The van der Waals surface area contributed by atoms with Crippen molar-refractivity contribution in [3.05, 3.63) is 17.7 Å². The lowest BCUT2D eigenvalue weighted by atomic mass is 10.2. The van der Waals surface area contributed by atoms with Crippen LogP contribution < -0.4 is 14.2 Å². The van der Waals surface area contributed by atoms with Gasteiger partial charge in [0.15, 0.2) is 11.5 Å². The minimum atomic E-state index is 0.164. The smallest absolute Gasteiger partial charge is 0.231 e. The molecule has 13 heavy (non-hydrogen) atoms. The molecule has 4 heteroatoms. The van der Waals surface area contributed by atoms with E-state index in [1.54, 1.807) is 12.1 Å². The molecule has 2 rings (SSSR count). The van der Waals surface area contributed by atoms with Gasteiger partial charge in [0.1, 0.15) is 17.4 Å². The summed E-state index contributed by atoms with van der Waals surface area (Å²) in [5.74, 6) is 1.57. The highest BCUT2D eigenvalue weighted by molar-refractivity contribution is 5.60. The lowest BCUT2D eigenvalue weighted by molar-refractivity contribution is 0.173. The molecule has 0 unspecified atom stereocenters. The maximum atomic E-state index is 8.85. The zero-order valence-electron chi connectivity index (χ0n) is 7.03. The Bertz CT molecular complexity index is 381. The van der Waals surface area contributed by atoms with E-state index in [4.69, 9.17) is 19.5 Å². The van der Waals surface area contributed by atoms with Crippen LogP contribution in [0.25, 0.3) is 0 Å². The van der Waals surface area contributed by atoms with E-state index in [2.05, 4.69) is 0 Å². The predicted octanol–water partition coefficient (Wildman–Crippen LogP) is 1.30. The molecular formula is C9H7NO3. The molecule has 0 spiro atoms. The fourth-order valence-corrected chi connectivity index (χ4v) is 1.23. The van der Waals surface area contributed by atoms with Gasteiger partial charge in [-0.25, -0.2) is 0 Å². The molecule has 1 aromatic carbocycles. The number of hydrogen-bond donors (Lipinski definition) is 0. The maximum absolute atomic E-state index is 8.85. The van der Waals surface area contributed by atoms with E-state index in [0.29, 0.717) is 22.8 Å². The van der Waals surface area contributed by atoms with Crippen LogP contribution in [0.3, 0.4) is 0 Å². The third kappa shape index (κ3) is 1.05. The summed E-state index contributed by atoms with van der Waals surface area (Å²) in [6, 6.07) is 5.43. The zero-order valence-corrected chi connectivity index (χ0v) is 7.03. The fraction of sp³-hybridized carbons (Fsp3) is 0.222. The van der Waals surface area contributed by atoms with Crippen LogP contribution in [0.4, 0.5) is 0 Å². The second kappa shape index (κ2) is 2.87. The Labute approximate surface area is 75.3 Å². The predicted molar refractivity (Wildman–Crippen MR) is 43.8 cm³/mol. The summed E-state index contributed by atoms with van der Waals surface area (Å²) in [5, 5.41) is 8.85. The second-order valence-electron chi connectivity index (χ2n) is 2.49. The molecule has 0 radical (unpaired) electrons. The molecule has 1 aromatic rings. The lowest BCUT2D eigenvalue weighted by Crippen LogP contribution is -1.94. The van der Waals surface area contributed by atoms with Gasteiger partial charge in [-0.05, 0) is 12.1 Å². The highest BCUT2D eigenvalue weighted by atomic mass is 16.7. The molecule has 0 atom stereocenters. The summed E-state index contributed by atoms with van der Waals surface area (Å²) in [4.78, 5) is 0. The Morgan fingerprint density at radius 2 is 2.31 bits per heavy atom. The molecular weight excluding hydrogens is 170 g/mol. The molecule has 1 aliphatic heterocycles. The van der Waals surface area contributed by atoms with Crippen molar-refractivity contribution in [3.8, 4) is 23.3 Å². The molecule has 0 amide bonds. The summed E-state index contributed by atoms with van der Waals surface area (Å²) in [7, 11) is 1.51. The van der Waals surface area contributed by atoms with Crippen molar-refractivity contribution >= 4 is 0 Å². The molecule has 4 nitrogen and oxygen atoms in total. The van der Waals surface area contributed by atoms with Crippen molar-refractivity contribution in [2.75, 3.05) is 13.9 Å². The Morgan fingerprint density at radius 1 is 1.46 bits per heavy atom. The minimum absolute atomic E-state index is 0.164. The lowest BCUT2D eigenvalue weighted by Gasteiger charge is -2.03. The Morgan fingerprint density at radius 3 is 3.00 bits per heavy atom. The van der Waals surface area contributed by atoms with Crippen LogP contribution in [0.1, 0.15) is 5.56 Å². The van der Waals surface area contributed by atoms with E-state index >= 15 is 0 Å². The van der Waals surface area contributed by atoms with E-state index in [-0.39, 0.29) is 6.79 Å². The average molecular weight is 177 g/mol. The van der Waals surface area contributed by atoms with Crippen LogP contribution in [0.2, 0.25) is 0 Å². The first-order valence-corrected chi connectivity index (χ1v) is 3.73. The molecule has 0 bridgehead atoms. The molecule has 66 valence electrons. The molecule has 0 fully saturated rings. The number of rotatable bonds is 1. The monoisotopic (exact) mass is 177 g/mol. The Balaban J connectivity index is 2.61. The second-order valence-corrected chi connectivity index (χ2v) is 2.49. The van der Waals surface area contributed by atoms with Crippen LogP contribution in [-0.4, -0.2) is 13.9 Å². The van der Waals surface area contributed by atoms with Gasteiger partial charge in [-0.15, -0.1) is 0 Å². The third-order valence-electron chi connectivity index (χ3n) is 1.83. The summed E-state index contributed by atoms with van der Waals surface area (Å²) in [6.07, 6.45) is 0. The standard InChI is InChI=1S/C9H7NO3/c1-11-7-2-3-8-9(6(7)4-10)13-5-12-8/h2-3H,5H2,1H3. The van der Waals surface area contributed by atoms with Crippen molar-refractivity contribution in [3.63, 3.8) is 0 Å².